The van der Waals surface area contributed by atoms with E-state index in [9.17, 15) is 22.4 Å². The molecule has 1 N–H and O–H groups in total. The molecule has 2 amide bonds. The molecule has 0 bridgehead atoms. The summed E-state index contributed by atoms with van der Waals surface area (Å²) in [4.78, 5) is 29.0. The Morgan fingerprint density at radius 1 is 0.952 bits per heavy atom. The van der Waals surface area contributed by atoms with Crippen LogP contribution >= 0.6 is 11.6 Å². The van der Waals surface area contributed by atoms with Gasteiger partial charge in [-0.25, -0.2) is 12.8 Å². The van der Waals surface area contributed by atoms with Crippen LogP contribution in [0.3, 0.4) is 0 Å². The molecule has 0 saturated heterocycles. The summed E-state index contributed by atoms with van der Waals surface area (Å²) < 4.78 is 42.4. The van der Waals surface area contributed by atoms with Gasteiger partial charge in [0.05, 0.1) is 10.6 Å². The maximum absolute atomic E-state index is 14.1. The lowest BCUT2D eigenvalue weighted by molar-refractivity contribution is -0.140. The summed E-state index contributed by atoms with van der Waals surface area (Å²) >= 11 is 6.08. The number of carbonyl (C=O) groups is 2. The molecular weight excluding hydrogens is 577 g/mol. The van der Waals surface area contributed by atoms with Crippen molar-refractivity contribution in [1.82, 2.24) is 10.2 Å². The number of hydrogen-bond acceptors (Lipinski definition) is 4. The topological polar surface area (TPSA) is 86.8 Å². The molecule has 42 heavy (non-hydrogen) atoms. The molecule has 0 spiro atoms. The fraction of sp³-hybridized carbons (Fsp3) is 0.375. The predicted molar refractivity (Wildman–Crippen MR) is 163 cm³/mol. The number of anilines is 1. The van der Waals surface area contributed by atoms with E-state index in [1.165, 1.54) is 17.0 Å². The molecule has 0 unspecified atom stereocenters. The number of hydrogen-bond donors (Lipinski definition) is 1. The second kappa shape index (κ2) is 14.2. The van der Waals surface area contributed by atoms with Gasteiger partial charge < -0.3 is 10.2 Å². The predicted octanol–water partition coefficient (Wildman–Crippen LogP) is 6.24. The van der Waals surface area contributed by atoms with Crippen LogP contribution in [0, 0.1) is 12.7 Å². The normalized spacial score (nSPS) is 14.7. The Balaban J connectivity index is 1.69. The van der Waals surface area contributed by atoms with Gasteiger partial charge in [-0.1, -0.05) is 67.6 Å². The van der Waals surface area contributed by atoms with E-state index >= 15 is 0 Å². The minimum Gasteiger partial charge on any atom is -0.352 e. The summed E-state index contributed by atoms with van der Waals surface area (Å²) in [5.74, 6) is -1.37. The third kappa shape index (κ3) is 7.89. The van der Waals surface area contributed by atoms with Crippen LogP contribution < -0.4 is 9.62 Å². The molecule has 3 aromatic carbocycles. The number of aryl methyl sites for hydroxylation is 1. The van der Waals surface area contributed by atoms with E-state index < -0.39 is 34.3 Å². The first kappa shape index (κ1) is 31.5. The number of halogens is 2. The van der Waals surface area contributed by atoms with E-state index in [0.29, 0.717) is 11.4 Å². The average Bonchev–Trinajstić information content (AvgIpc) is 2.98. The molecular formula is C32H37ClFN3O4S. The Hall–Kier alpha value is -3.43. The zero-order chi connectivity index (χ0) is 30.3. The Morgan fingerprint density at radius 2 is 1.57 bits per heavy atom. The fourth-order valence-electron chi connectivity index (χ4n) is 5.22. The number of nitrogens with one attached hydrogen (secondary N) is 1. The molecule has 1 atom stereocenters. The number of benzene rings is 3. The highest BCUT2D eigenvalue weighted by atomic mass is 35.5. The maximum Gasteiger partial charge on any atom is 0.264 e. The largest absolute Gasteiger partial charge is 0.352 e. The van der Waals surface area contributed by atoms with Crippen molar-refractivity contribution in [2.24, 2.45) is 0 Å². The second-order valence-electron chi connectivity index (χ2n) is 10.7. The van der Waals surface area contributed by atoms with Crippen LogP contribution in [0.5, 0.6) is 0 Å². The molecule has 0 aliphatic heterocycles. The van der Waals surface area contributed by atoms with Gasteiger partial charge in [-0.15, -0.1) is 0 Å². The minimum absolute atomic E-state index is 0.0516. The lowest BCUT2D eigenvalue weighted by atomic mass is 9.95. The van der Waals surface area contributed by atoms with Gasteiger partial charge in [-0.2, -0.15) is 0 Å². The lowest BCUT2D eigenvalue weighted by Crippen LogP contribution is -2.54. The van der Waals surface area contributed by atoms with Gasteiger partial charge in [0.25, 0.3) is 10.0 Å². The molecule has 0 aromatic heterocycles. The average molecular weight is 614 g/mol. The van der Waals surface area contributed by atoms with Crippen molar-refractivity contribution in [3.8, 4) is 0 Å². The molecule has 10 heteroatoms. The van der Waals surface area contributed by atoms with Crippen molar-refractivity contribution >= 4 is 39.1 Å². The molecule has 0 heterocycles. The third-order valence-corrected chi connectivity index (χ3v) is 9.65. The standard InChI is InChI=1S/C32H37ClFN3O4S/c1-3-30(32(39)35-27-7-5-4-6-8-27)36(21-24-11-13-25(33)14-12-24)31(38)22-37(28-17-9-23(2)10-18-28)42(40,41)29-19-15-26(34)16-20-29/h9-20,27,30H,3-8,21-22H2,1-2H3,(H,35,39)/t30-/m1/s1. The lowest BCUT2D eigenvalue weighted by Gasteiger charge is -2.34. The molecule has 224 valence electrons. The zero-order valence-electron chi connectivity index (χ0n) is 23.9. The molecule has 7 nitrogen and oxygen atoms in total. The highest BCUT2D eigenvalue weighted by Gasteiger charge is 2.34. The van der Waals surface area contributed by atoms with E-state index in [-0.39, 0.29) is 29.1 Å². The number of carbonyl (C=O) groups excluding carboxylic acids is 2. The van der Waals surface area contributed by atoms with Gasteiger partial charge in [0.15, 0.2) is 0 Å². The molecule has 1 saturated carbocycles. The minimum atomic E-state index is -4.26. The summed E-state index contributed by atoms with van der Waals surface area (Å²) in [6.07, 6.45) is 5.36. The molecule has 1 aliphatic rings. The first-order valence-corrected chi connectivity index (χ1v) is 16.1. The molecule has 4 rings (SSSR count). The molecule has 1 aliphatic carbocycles. The fourth-order valence-corrected chi connectivity index (χ4v) is 6.76. The smallest absolute Gasteiger partial charge is 0.264 e. The number of sulfonamides is 1. The van der Waals surface area contributed by atoms with Crippen LogP contribution in [-0.4, -0.2) is 43.8 Å². The van der Waals surface area contributed by atoms with Crippen LogP contribution in [0.15, 0.2) is 77.7 Å². The van der Waals surface area contributed by atoms with Gasteiger partial charge in [0.1, 0.15) is 18.4 Å². The third-order valence-electron chi connectivity index (χ3n) is 7.61. The van der Waals surface area contributed by atoms with E-state index in [0.717, 1.165) is 59.7 Å². The van der Waals surface area contributed by atoms with Crippen LogP contribution in [0.4, 0.5) is 10.1 Å². The summed E-state index contributed by atoms with van der Waals surface area (Å²) in [6, 6.07) is 17.5. The van der Waals surface area contributed by atoms with Crippen molar-refractivity contribution in [2.75, 3.05) is 10.8 Å². The maximum atomic E-state index is 14.1. The van der Waals surface area contributed by atoms with Crippen LogP contribution in [0.1, 0.15) is 56.6 Å². The monoisotopic (exact) mass is 613 g/mol. The van der Waals surface area contributed by atoms with E-state index in [4.69, 9.17) is 11.6 Å². The summed E-state index contributed by atoms with van der Waals surface area (Å²) in [6.45, 7) is 3.24. The first-order valence-electron chi connectivity index (χ1n) is 14.3. The van der Waals surface area contributed by atoms with Gasteiger partial charge >= 0.3 is 0 Å². The Morgan fingerprint density at radius 3 is 2.17 bits per heavy atom. The quantitative estimate of drug-likeness (QED) is 0.277. The van der Waals surface area contributed by atoms with E-state index in [2.05, 4.69) is 5.32 Å². The Labute approximate surface area is 252 Å². The second-order valence-corrected chi connectivity index (χ2v) is 13.0. The highest BCUT2D eigenvalue weighted by molar-refractivity contribution is 7.92. The first-order chi connectivity index (χ1) is 20.1. The van der Waals surface area contributed by atoms with Crippen LogP contribution in [0.25, 0.3) is 0 Å². The molecule has 3 aromatic rings. The van der Waals surface area contributed by atoms with Crippen molar-refractivity contribution in [2.45, 2.75) is 75.9 Å². The van der Waals surface area contributed by atoms with Crippen molar-refractivity contribution in [3.63, 3.8) is 0 Å². The van der Waals surface area contributed by atoms with Crippen LogP contribution in [0.2, 0.25) is 5.02 Å². The Bertz CT molecular complexity index is 1460. The van der Waals surface area contributed by atoms with Crippen molar-refractivity contribution in [3.05, 3.63) is 94.8 Å². The van der Waals surface area contributed by atoms with Crippen LogP contribution in [-0.2, 0) is 26.2 Å². The summed E-state index contributed by atoms with van der Waals surface area (Å²) in [5, 5.41) is 3.67. The SMILES string of the molecule is CC[C@H](C(=O)NC1CCCCC1)N(Cc1ccc(Cl)cc1)C(=O)CN(c1ccc(C)cc1)S(=O)(=O)c1ccc(F)cc1. The van der Waals surface area contributed by atoms with Gasteiger partial charge in [-0.3, -0.25) is 13.9 Å². The van der Waals surface area contributed by atoms with E-state index in [1.807, 2.05) is 13.8 Å². The zero-order valence-corrected chi connectivity index (χ0v) is 25.5. The van der Waals surface area contributed by atoms with Crippen molar-refractivity contribution in [1.29, 1.82) is 0 Å². The van der Waals surface area contributed by atoms with Crippen molar-refractivity contribution < 1.29 is 22.4 Å². The number of amides is 2. The highest BCUT2D eigenvalue weighted by Crippen LogP contribution is 2.26. The number of rotatable bonds is 11. The summed E-state index contributed by atoms with van der Waals surface area (Å²) in [5.41, 5.74) is 1.95. The van der Waals surface area contributed by atoms with Gasteiger partial charge in [0, 0.05) is 17.6 Å². The molecule has 0 radical (unpaired) electrons. The Kier molecular flexibility index (Phi) is 10.6. The molecule has 1 fully saturated rings. The number of nitrogens with zero attached hydrogens (tertiary/aromatic N) is 2. The van der Waals surface area contributed by atoms with Gasteiger partial charge in [0.2, 0.25) is 11.8 Å². The van der Waals surface area contributed by atoms with Gasteiger partial charge in [-0.05, 0) is 80.3 Å². The summed E-state index contributed by atoms with van der Waals surface area (Å²) in [7, 11) is -4.26. The van der Waals surface area contributed by atoms with E-state index in [1.54, 1.807) is 48.5 Å².